The normalized spacial score (nSPS) is 19.7. The number of nitrogens with zero attached hydrogens (tertiary/aromatic N) is 3. The Kier molecular flexibility index (Phi) is 8.18. The standard InChI is InChI=1S/C28H35ClF3N3O5Si/c1-9-38-25(36)20-22(17-11-10-12-19(37-6)21(17)29)34-39-23(20)18-15-33-35(24(18)28(30,31)32)16-13-27(5,14-16)40-41(7,8)26(2,3)4/h10-12,15-16H,9,13-14H2,1-8H3. The molecule has 0 saturated heterocycles. The fraction of sp³-hybridized carbons (Fsp3) is 0.536. The van der Waals surface area contributed by atoms with Crippen molar-refractivity contribution in [2.45, 2.75) is 83.4 Å². The molecule has 2 heterocycles. The molecule has 2 aromatic heterocycles. The van der Waals surface area contributed by atoms with Crippen molar-refractivity contribution in [3.05, 3.63) is 40.7 Å². The summed E-state index contributed by atoms with van der Waals surface area (Å²) in [7, 11) is -0.739. The number of alkyl halides is 3. The molecule has 4 rings (SSSR count). The molecule has 1 aliphatic rings. The highest BCUT2D eigenvalue weighted by Crippen LogP contribution is 2.51. The quantitative estimate of drug-likeness (QED) is 0.187. The van der Waals surface area contributed by atoms with E-state index in [4.69, 9.17) is 30.0 Å². The first-order valence-electron chi connectivity index (χ1n) is 13.3. The zero-order valence-corrected chi connectivity index (χ0v) is 26.2. The maximum atomic E-state index is 14.6. The highest BCUT2D eigenvalue weighted by Gasteiger charge is 2.52. The van der Waals surface area contributed by atoms with Crippen LogP contribution >= 0.6 is 11.6 Å². The highest BCUT2D eigenvalue weighted by molar-refractivity contribution is 6.74. The van der Waals surface area contributed by atoms with E-state index in [-0.39, 0.29) is 33.5 Å². The zero-order valence-electron chi connectivity index (χ0n) is 24.4. The molecule has 224 valence electrons. The Balaban J connectivity index is 1.78. The second kappa shape index (κ2) is 10.8. The number of hydrogen-bond donors (Lipinski definition) is 0. The van der Waals surface area contributed by atoms with Gasteiger partial charge in [-0.3, -0.25) is 4.68 Å². The summed E-state index contributed by atoms with van der Waals surface area (Å²) < 4.78 is 67.3. The summed E-state index contributed by atoms with van der Waals surface area (Å²) in [5.41, 5.74) is -2.14. The van der Waals surface area contributed by atoms with Gasteiger partial charge in [0.15, 0.2) is 19.8 Å². The van der Waals surface area contributed by atoms with Crippen molar-refractivity contribution in [3.63, 3.8) is 0 Å². The zero-order chi connectivity index (χ0) is 30.5. The van der Waals surface area contributed by atoms with E-state index < -0.39 is 49.1 Å². The van der Waals surface area contributed by atoms with Crippen LogP contribution in [0.1, 0.15) is 69.6 Å². The van der Waals surface area contributed by atoms with Crippen LogP contribution in [0.15, 0.2) is 28.9 Å². The minimum absolute atomic E-state index is 0.0188. The van der Waals surface area contributed by atoms with Gasteiger partial charge >= 0.3 is 12.1 Å². The molecule has 1 aliphatic carbocycles. The van der Waals surface area contributed by atoms with Crippen molar-refractivity contribution in [2.24, 2.45) is 0 Å². The van der Waals surface area contributed by atoms with Crippen molar-refractivity contribution < 1.29 is 36.4 Å². The number of aromatic nitrogens is 3. The SMILES string of the molecule is CCOC(=O)c1c(-c2cccc(OC)c2Cl)noc1-c1cnn(C2CC(C)(O[Si](C)(C)C(C)(C)C)C2)c1C(F)(F)F. The van der Waals surface area contributed by atoms with Crippen molar-refractivity contribution in [1.82, 2.24) is 14.9 Å². The Morgan fingerprint density at radius 3 is 2.44 bits per heavy atom. The molecule has 1 aromatic carbocycles. The summed E-state index contributed by atoms with van der Waals surface area (Å²) >= 11 is 6.46. The van der Waals surface area contributed by atoms with E-state index in [0.29, 0.717) is 18.6 Å². The maximum Gasteiger partial charge on any atom is 0.433 e. The van der Waals surface area contributed by atoms with Gasteiger partial charge in [-0.2, -0.15) is 18.3 Å². The van der Waals surface area contributed by atoms with Gasteiger partial charge in [0, 0.05) is 5.56 Å². The lowest BCUT2D eigenvalue weighted by Crippen LogP contribution is -2.54. The molecule has 0 radical (unpaired) electrons. The lowest BCUT2D eigenvalue weighted by atomic mass is 9.77. The van der Waals surface area contributed by atoms with Gasteiger partial charge < -0.3 is 18.4 Å². The van der Waals surface area contributed by atoms with Crippen LogP contribution in [0.5, 0.6) is 5.75 Å². The minimum atomic E-state index is -4.81. The van der Waals surface area contributed by atoms with E-state index >= 15 is 0 Å². The molecule has 0 bridgehead atoms. The largest absolute Gasteiger partial charge is 0.495 e. The Labute approximate surface area is 243 Å². The third-order valence-corrected chi connectivity index (χ3v) is 12.9. The van der Waals surface area contributed by atoms with Crippen LogP contribution in [0, 0.1) is 0 Å². The predicted molar refractivity (Wildman–Crippen MR) is 151 cm³/mol. The van der Waals surface area contributed by atoms with Crippen LogP contribution in [-0.2, 0) is 15.3 Å². The van der Waals surface area contributed by atoms with Crippen LogP contribution in [0.3, 0.4) is 0 Å². The predicted octanol–water partition coefficient (Wildman–Crippen LogP) is 8.18. The van der Waals surface area contributed by atoms with Gasteiger partial charge in [-0.1, -0.05) is 49.7 Å². The number of carbonyl (C=O) groups excluding carboxylic acids is 1. The molecule has 1 saturated carbocycles. The molecule has 1 fully saturated rings. The van der Waals surface area contributed by atoms with Crippen molar-refractivity contribution in [1.29, 1.82) is 0 Å². The van der Waals surface area contributed by atoms with Crippen molar-refractivity contribution in [3.8, 4) is 28.3 Å². The van der Waals surface area contributed by atoms with Crippen molar-refractivity contribution >= 4 is 25.9 Å². The number of benzene rings is 1. The maximum absolute atomic E-state index is 14.6. The van der Waals surface area contributed by atoms with Gasteiger partial charge in [0.25, 0.3) is 0 Å². The summed E-state index contributed by atoms with van der Waals surface area (Å²) in [4.78, 5) is 13.1. The summed E-state index contributed by atoms with van der Waals surface area (Å²) in [6, 6.07) is 4.21. The van der Waals surface area contributed by atoms with Gasteiger partial charge in [0.05, 0.1) is 42.1 Å². The number of carbonyl (C=O) groups is 1. The molecule has 3 aromatic rings. The fourth-order valence-electron chi connectivity index (χ4n) is 4.95. The first-order valence-corrected chi connectivity index (χ1v) is 16.6. The second-order valence-corrected chi connectivity index (χ2v) is 17.1. The molecular weight excluding hydrogens is 579 g/mol. The first-order chi connectivity index (χ1) is 18.9. The fourth-order valence-corrected chi connectivity index (χ4v) is 6.95. The number of ether oxygens (including phenoxy) is 2. The minimum Gasteiger partial charge on any atom is -0.495 e. The number of methoxy groups -OCH3 is 1. The topological polar surface area (TPSA) is 88.6 Å². The number of rotatable bonds is 8. The van der Waals surface area contributed by atoms with Crippen LogP contribution in [-0.4, -0.2) is 48.5 Å². The summed E-state index contributed by atoms with van der Waals surface area (Å²) in [6.07, 6.45) is -3.05. The van der Waals surface area contributed by atoms with Crippen LogP contribution in [0.25, 0.3) is 22.6 Å². The molecule has 0 atom stereocenters. The van der Waals surface area contributed by atoms with Crippen LogP contribution in [0.2, 0.25) is 23.2 Å². The van der Waals surface area contributed by atoms with Gasteiger partial charge in [-0.25, -0.2) is 4.79 Å². The van der Waals surface area contributed by atoms with Crippen molar-refractivity contribution in [2.75, 3.05) is 13.7 Å². The van der Waals surface area contributed by atoms with E-state index in [0.717, 1.165) is 10.9 Å². The molecule has 0 N–H and O–H groups in total. The first kappa shape index (κ1) is 31.1. The number of hydrogen-bond acceptors (Lipinski definition) is 7. The van der Waals surface area contributed by atoms with E-state index in [1.165, 1.54) is 7.11 Å². The summed E-state index contributed by atoms with van der Waals surface area (Å²) in [5.74, 6) is -1.02. The van der Waals surface area contributed by atoms with E-state index in [2.05, 4.69) is 44.1 Å². The lowest BCUT2D eigenvalue weighted by molar-refractivity contribution is -0.148. The molecule has 0 aliphatic heterocycles. The summed E-state index contributed by atoms with van der Waals surface area (Å²) in [5, 5.41) is 8.16. The molecule has 13 heteroatoms. The monoisotopic (exact) mass is 613 g/mol. The lowest BCUT2D eigenvalue weighted by Gasteiger charge is -2.52. The van der Waals surface area contributed by atoms with Gasteiger partial charge in [0.2, 0.25) is 0 Å². The Bertz CT molecular complexity index is 1440. The molecule has 0 amide bonds. The van der Waals surface area contributed by atoms with Gasteiger partial charge in [0.1, 0.15) is 17.0 Å². The average molecular weight is 614 g/mol. The van der Waals surface area contributed by atoms with Crippen LogP contribution in [0.4, 0.5) is 13.2 Å². The molecule has 0 unspecified atom stereocenters. The van der Waals surface area contributed by atoms with E-state index in [1.54, 1.807) is 25.1 Å². The third kappa shape index (κ3) is 5.78. The van der Waals surface area contributed by atoms with E-state index in [9.17, 15) is 18.0 Å². The van der Waals surface area contributed by atoms with E-state index in [1.807, 2.05) is 6.92 Å². The molecule has 8 nitrogen and oxygen atoms in total. The highest BCUT2D eigenvalue weighted by atomic mass is 35.5. The Morgan fingerprint density at radius 2 is 1.88 bits per heavy atom. The molecular formula is C28H35ClF3N3O5Si. The molecule has 0 spiro atoms. The smallest absolute Gasteiger partial charge is 0.433 e. The molecule has 41 heavy (non-hydrogen) atoms. The summed E-state index contributed by atoms with van der Waals surface area (Å²) in [6.45, 7) is 14.1. The number of halogens is 4. The van der Waals surface area contributed by atoms with Gasteiger partial charge in [-0.15, -0.1) is 0 Å². The Morgan fingerprint density at radius 1 is 1.22 bits per heavy atom. The average Bonchev–Trinajstić information content (AvgIpc) is 3.46. The third-order valence-electron chi connectivity index (χ3n) is 7.91. The second-order valence-electron chi connectivity index (χ2n) is 12.0. The van der Waals surface area contributed by atoms with Gasteiger partial charge in [-0.05, 0) is 50.9 Å². The number of esters is 1. The Hall–Kier alpha value is -2.83. The van der Waals surface area contributed by atoms with Crippen LogP contribution < -0.4 is 4.74 Å².